The molecular formula is C6H10N2O2. The minimum Gasteiger partial charge on any atom is -0.273 e. The lowest BCUT2D eigenvalue weighted by Crippen LogP contribution is -2.40. The molecule has 2 amide bonds. The van der Waals surface area contributed by atoms with Gasteiger partial charge in [-0.2, -0.15) is 0 Å². The van der Waals surface area contributed by atoms with Gasteiger partial charge in [0.25, 0.3) is 0 Å². The van der Waals surface area contributed by atoms with Gasteiger partial charge in [-0.3, -0.25) is 20.0 Å². The van der Waals surface area contributed by atoms with Gasteiger partial charge in [-0.1, -0.05) is 0 Å². The average molecular weight is 142 g/mol. The smallest absolute Gasteiger partial charge is 0.240 e. The third kappa shape index (κ3) is 1.10. The SMILES string of the molecule is CC(=O)N1NC(=O)CC1C. The third-order valence-electron chi connectivity index (χ3n) is 1.51. The van der Waals surface area contributed by atoms with Crippen molar-refractivity contribution in [1.29, 1.82) is 0 Å². The Kier molecular flexibility index (Phi) is 1.61. The molecule has 0 aliphatic carbocycles. The van der Waals surface area contributed by atoms with Crippen LogP contribution in [0.15, 0.2) is 0 Å². The monoisotopic (exact) mass is 142 g/mol. The molecule has 0 spiro atoms. The summed E-state index contributed by atoms with van der Waals surface area (Å²) in [4.78, 5) is 21.4. The lowest BCUT2D eigenvalue weighted by molar-refractivity contribution is -0.135. The van der Waals surface area contributed by atoms with E-state index in [0.29, 0.717) is 6.42 Å². The summed E-state index contributed by atoms with van der Waals surface area (Å²) in [6.07, 6.45) is 0.416. The van der Waals surface area contributed by atoms with Crippen LogP contribution in [-0.2, 0) is 9.59 Å². The topological polar surface area (TPSA) is 49.4 Å². The highest BCUT2D eigenvalue weighted by Crippen LogP contribution is 2.07. The lowest BCUT2D eigenvalue weighted by Gasteiger charge is -2.17. The zero-order chi connectivity index (χ0) is 7.72. The van der Waals surface area contributed by atoms with Gasteiger partial charge in [-0.15, -0.1) is 0 Å². The van der Waals surface area contributed by atoms with E-state index < -0.39 is 0 Å². The highest BCUT2D eigenvalue weighted by molar-refractivity contribution is 5.84. The van der Waals surface area contributed by atoms with Crippen molar-refractivity contribution >= 4 is 11.8 Å². The summed E-state index contributed by atoms with van der Waals surface area (Å²) in [5.74, 6) is -0.193. The van der Waals surface area contributed by atoms with Crippen LogP contribution in [0.1, 0.15) is 20.3 Å². The van der Waals surface area contributed by atoms with Crippen LogP contribution in [0.4, 0.5) is 0 Å². The first-order valence-electron chi connectivity index (χ1n) is 3.20. The first-order chi connectivity index (χ1) is 4.61. The number of hydrogen-bond acceptors (Lipinski definition) is 2. The molecule has 0 saturated carbocycles. The number of carbonyl (C=O) groups is 2. The van der Waals surface area contributed by atoms with Gasteiger partial charge >= 0.3 is 0 Å². The molecule has 0 bridgehead atoms. The molecule has 1 atom stereocenters. The van der Waals surface area contributed by atoms with E-state index in [9.17, 15) is 9.59 Å². The van der Waals surface area contributed by atoms with Crippen LogP contribution in [0.25, 0.3) is 0 Å². The Hall–Kier alpha value is -1.06. The molecule has 4 nitrogen and oxygen atoms in total. The molecule has 4 heteroatoms. The van der Waals surface area contributed by atoms with Crippen molar-refractivity contribution in [2.75, 3.05) is 0 Å². The Morgan fingerprint density at radius 3 is 2.60 bits per heavy atom. The van der Waals surface area contributed by atoms with E-state index in [1.807, 2.05) is 6.92 Å². The first-order valence-corrected chi connectivity index (χ1v) is 3.20. The molecule has 0 aromatic rings. The van der Waals surface area contributed by atoms with Crippen molar-refractivity contribution in [3.63, 3.8) is 0 Å². The number of carbonyl (C=O) groups excluding carboxylic acids is 2. The lowest BCUT2D eigenvalue weighted by atomic mass is 10.2. The van der Waals surface area contributed by atoms with Gasteiger partial charge in [-0.25, -0.2) is 0 Å². The van der Waals surface area contributed by atoms with Crippen LogP contribution in [-0.4, -0.2) is 22.9 Å². The third-order valence-corrected chi connectivity index (χ3v) is 1.51. The molecular weight excluding hydrogens is 132 g/mol. The number of hydrogen-bond donors (Lipinski definition) is 1. The van der Waals surface area contributed by atoms with Crippen LogP contribution in [0.5, 0.6) is 0 Å². The zero-order valence-corrected chi connectivity index (χ0v) is 6.05. The molecule has 1 N–H and O–H groups in total. The van der Waals surface area contributed by atoms with Gasteiger partial charge < -0.3 is 0 Å². The number of nitrogens with one attached hydrogen (secondary N) is 1. The maximum atomic E-state index is 10.7. The molecule has 56 valence electrons. The highest BCUT2D eigenvalue weighted by atomic mass is 16.2. The zero-order valence-electron chi connectivity index (χ0n) is 6.05. The van der Waals surface area contributed by atoms with Crippen molar-refractivity contribution < 1.29 is 9.59 Å². The van der Waals surface area contributed by atoms with Crippen LogP contribution < -0.4 is 5.43 Å². The van der Waals surface area contributed by atoms with E-state index >= 15 is 0 Å². The van der Waals surface area contributed by atoms with Crippen LogP contribution in [0.3, 0.4) is 0 Å². The molecule has 1 saturated heterocycles. The summed E-state index contributed by atoms with van der Waals surface area (Å²) in [5, 5.41) is 1.35. The molecule has 10 heavy (non-hydrogen) atoms. The quantitative estimate of drug-likeness (QED) is 0.503. The molecule has 1 unspecified atom stereocenters. The van der Waals surface area contributed by atoms with E-state index in [1.54, 1.807) is 0 Å². The second-order valence-electron chi connectivity index (χ2n) is 2.48. The second-order valence-corrected chi connectivity index (χ2v) is 2.48. The largest absolute Gasteiger partial charge is 0.273 e. The highest BCUT2D eigenvalue weighted by Gasteiger charge is 2.27. The van der Waals surface area contributed by atoms with Crippen LogP contribution >= 0.6 is 0 Å². The fourth-order valence-electron chi connectivity index (χ4n) is 1.04. The summed E-state index contributed by atoms with van der Waals surface area (Å²) in [5.41, 5.74) is 2.45. The predicted molar refractivity (Wildman–Crippen MR) is 34.7 cm³/mol. The summed E-state index contributed by atoms with van der Waals surface area (Å²) < 4.78 is 0. The Bertz CT molecular complexity index is 179. The second kappa shape index (κ2) is 2.28. The fourth-order valence-corrected chi connectivity index (χ4v) is 1.04. The van der Waals surface area contributed by atoms with Crippen LogP contribution in [0.2, 0.25) is 0 Å². The molecule has 0 radical (unpaired) electrons. The van der Waals surface area contributed by atoms with E-state index in [4.69, 9.17) is 0 Å². The Labute approximate surface area is 59.2 Å². The van der Waals surface area contributed by atoms with E-state index in [2.05, 4.69) is 5.43 Å². The summed E-state index contributed by atoms with van der Waals surface area (Å²) in [6.45, 7) is 3.27. The van der Waals surface area contributed by atoms with Gasteiger partial charge in [-0.05, 0) is 6.92 Å². The van der Waals surface area contributed by atoms with Crippen molar-refractivity contribution in [3.8, 4) is 0 Å². The van der Waals surface area contributed by atoms with Gasteiger partial charge in [0.15, 0.2) is 0 Å². The standard InChI is InChI=1S/C6H10N2O2/c1-4-3-6(10)7-8(4)5(2)9/h4H,3H2,1-2H3,(H,7,10). The van der Waals surface area contributed by atoms with Crippen molar-refractivity contribution in [2.45, 2.75) is 26.3 Å². The summed E-state index contributed by atoms with van der Waals surface area (Å²) in [6, 6.07) is 0.00463. The summed E-state index contributed by atoms with van der Waals surface area (Å²) >= 11 is 0. The predicted octanol–water partition coefficient (Wildman–Crippen LogP) is -0.342. The Balaban J connectivity index is 2.63. The van der Waals surface area contributed by atoms with Gasteiger partial charge in [0, 0.05) is 6.92 Å². The Morgan fingerprint density at radius 2 is 2.40 bits per heavy atom. The molecule has 1 aliphatic rings. The van der Waals surface area contributed by atoms with E-state index in [1.165, 1.54) is 11.9 Å². The molecule has 0 aromatic heterocycles. The molecule has 0 aromatic carbocycles. The fraction of sp³-hybridized carbons (Fsp3) is 0.667. The number of amides is 2. The van der Waals surface area contributed by atoms with Gasteiger partial charge in [0.1, 0.15) is 0 Å². The molecule has 1 aliphatic heterocycles. The van der Waals surface area contributed by atoms with Gasteiger partial charge in [0.2, 0.25) is 11.8 Å². The van der Waals surface area contributed by atoms with Gasteiger partial charge in [0.05, 0.1) is 12.5 Å². The molecule has 1 heterocycles. The Morgan fingerprint density at radius 1 is 1.80 bits per heavy atom. The van der Waals surface area contributed by atoms with E-state index in [-0.39, 0.29) is 17.9 Å². The van der Waals surface area contributed by atoms with Crippen molar-refractivity contribution in [3.05, 3.63) is 0 Å². The van der Waals surface area contributed by atoms with Crippen molar-refractivity contribution in [2.24, 2.45) is 0 Å². The maximum absolute atomic E-state index is 10.7. The van der Waals surface area contributed by atoms with E-state index in [0.717, 1.165) is 0 Å². The first kappa shape index (κ1) is 7.05. The number of nitrogens with zero attached hydrogens (tertiary/aromatic N) is 1. The summed E-state index contributed by atoms with van der Waals surface area (Å²) in [7, 11) is 0. The normalized spacial score (nSPS) is 24.8. The van der Waals surface area contributed by atoms with Crippen molar-refractivity contribution in [1.82, 2.24) is 10.4 Å². The molecule has 1 fully saturated rings. The minimum atomic E-state index is -0.113. The number of rotatable bonds is 0. The van der Waals surface area contributed by atoms with Crippen LogP contribution in [0, 0.1) is 0 Å². The maximum Gasteiger partial charge on any atom is 0.240 e. The average Bonchev–Trinajstić information content (AvgIpc) is 2.10. The number of hydrazine groups is 1. The molecule has 1 rings (SSSR count). The minimum absolute atomic E-state index is 0.00463.